The summed E-state index contributed by atoms with van der Waals surface area (Å²) >= 11 is 0. The fourth-order valence-corrected chi connectivity index (χ4v) is 2.02. The van der Waals surface area contributed by atoms with Gasteiger partial charge in [-0.3, -0.25) is 9.59 Å². The Morgan fingerprint density at radius 3 is 2.56 bits per heavy atom. The highest BCUT2D eigenvalue weighted by molar-refractivity contribution is 5.92. The van der Waals surface area contributed by atoms with Gasteiger partial charge in [-0.05, 0) is 25.0 Å². The van der Waals surface area contributed by atoms with Crippen LogP contribution in [0.1, 0.15) is 23.3 Å². The molecule has 96 valence electrons. The number of nitrogens with zero attached hydrogens (tertiary/aromatic N) is 2. The van der Waals surface area contributed by atoms with Crippen molar-refractivity contribution in [3.05, 3.63) is 29.8 Å². The summed E-state index contributed by atoms with van der Waals surface area (Å²) in [5, 5.41) is 8.85. The molecule has 0 spiro atoms. The van der Waals surface area contributed by atoms with Gasteiger partial charge in [0.1, 0.15) is 5.69 Å². The number of piperidine rings is 1. The number of hydrogen-bond acceptors (Lipinski definition) is 3. The normalized spacial score (nSPS) is 16.6. The molecule has 0 radical (unpaired) electrons. The highest BCUT2D eigenvalue weighted by Crippen LogP contribution is 2.18. The molecule has 5 nitrogen and oxygen atoms in total. The molecule has 0 unspecified atom stereocenters. The van der Waals surface area contributed by atoms with E-state index in [1.165, 1.54) is 23.1 Å². The van der Waals surface area contributed by atoms with Crippen molar-refractivity contribution in [2.24, 2.45) is 5.92 Å². The van der Waals surface area contributed by atoms with Crippen LogP contribution in [0.3, 0.4) is 0 Å². The number of pyridine rings is 1. The van der Waals surface area contributed by atoms with E-state index in [0.29, 0.717) is 25.9 Å². The summed E-state index contributed by atoms with van der Waals surface area (Å²) in [5.74, 6) is -2.26. The Bertz CT molecular complexity index is 470. The molecule has 1 saturated heterocycles. The van der Waals surface area contributed by atoms with Crippen LogP contribution in [0.4, 0.5) is 4.39 Å². The highest BCUT2D eigenvalue weighted by atomic mass is 19.1. The van der Waals surface area contributed by atoms with E-state index in [2.05, 4.69) is 4.98 Å². The summed E-state index contributed by atoms with van der Waals surface area (Å²) in [6.45, 7) is 0.738. The van der Waals surface area contributed by atoms with E-state index in [1.807, 2.05) is 0 Å². The lowest BCUT2D eigenvalue weighted by molar-refractivity contribution is -0.143. The lowest BCUT2D eigenvalue weighted by atomic mass is 9.97. The van der Waals surface area contributed by atoms with E-state index < -0.39 is 17.8 Å². The van der Waals surface area contributed by atoms with Crippen LogP contribution in [-0.4, -0.2) is 40.0 Å². The average molecular weight is 252 g/mol. The number of carboxylic acid groups (broad SMARTS) is 1. The van der Waals surface area contributed by atoms with Gasteiger partial charge < -0.3 is 10.0 Å². The maximum Gasteiger partial charge on any atom is 0.306 e. The van der Waals surface area contributed by atoms with Gasteiger partial charge in [0.15, 0.2) is 0 Å². The van der Waals surface area contributed by atoms with Gasteiger partial charge in [-0.25, -0.2) is 4.98 Å². The Kier molecular flexibility index (Phi) is 3.55. The summed E-state index contributed by atoms with van der Waals surface area (Å²) < 4.78 is 12.9. The Morgan fingerprint density at radius 1 is 1.33 bits per heavy atom. The second-order valence-corrected chi connectivity index (χ2v) is 4.25. The summed E-state index contributed by atoms with van der Waals surface area (Å²) in [7, 11) is 0. The van der Waals surface area contributed by atoms with Gasteiger partial charge >= 0.3 is 5.97 Å². The minimum absolute atomic E-state index is 0.0591. The number of carbonyl (C=O) groups excluding carboxylic acids is 1. The van der Waals surface area contributed by atoms with Gasteiger partial charge in [0.05, 0.1) is 5.92 Å². The standard InChI is InChI=1S/C12H13FN2O3/c13-10-3-1-2-9(14-10)11(16)15-6-4-8(5-7-15)12(17)18/h1-3,8H,4-7H2,(H,17,18). The summed E-state index contributed by atoms with van der Waals surface area (Å²) in [4.78, 5) is 27.8. The predicted octanol–water partition coefficient (Wildman–Crippen LogP) is 1.16. The number of rotatable bonds is 2. The molecule has 1 N–H and O–H groups in total. The number of halogens is 1. The zero-order valence-electron chi connectivity index (χ0n) is 9.67. The molecule has 18 heavy (non-hydrogen) atoms. The lowest BCUT2D eigenvalue weighted by Gasteiger charge is -2.29. The first-order valence-electron chi connectivity index (χ1n) is 5.72. The van der Waals surface area contributed by atoms with E-state index in [9.17, 15) is 14.0 Å². The fraction of sp³-hybridized carbons (Fsp3) is 0.417. The van der Waals surface area contributed by atoms with Crippen molar-refractivity contribution in [3.63, 3.8) is 0 Å². The number of hydrogen-bond donors (Lipinski definition) is 1. The van der Waals surface area contributed by atoms with E-state index in [1.54, 1.807) is 0 Å². The van der Waals surface area contributed by atoms with Gasteiger partial charge in [-0.15, -0.1) is 0 Å². The van der Waals surface area contributed by atoms with Crippen LogP contribution in [-0.2, 0) is 4.79 Å². The molecule has 1 aliphatic rings. The zero-order valence-corrected chi connectivity index (χ0v) is 9.67. The number of aliphatic carboxylic acids is 1. The molecule has 6 heteroatoms. The molecule has 0 atom stereocenters. The molecular formula is C12H13FN2O3. The fourth-order valence-electron chi connectivity index (χ4n) is 2.02. The van der Waals surface area contributed by atoms with Crippen LogP contribution in [0.5, 0.6) is 0 Å². The Hall–Kier alpha value is -1.98. The maximum absolute atomic E-state index is 12.9. The van der Waals surface area contributed by atoms with Crippen molar-refractivity contribution in [1.29, 1.82) is 0 Å². The first kappa shape index (κ1) is 12.5. The summed E-state index contributed by atoms with van der Waals surface area (Å²) in [5.41, 5.74) is 0.0591. The van der Waals surface area contributed by atoms with E-state index in [4.69, 9.17) is 5.11 Å². The monoisotopic (exact) mass is 252 g/mol. The van der Waals surface area contributed by atoms with Crippen LogP contribution in [0.15, 0.2) is 18.2 Å². The largest absolute Gasteiger partial charge is 0.481 e. The quantitative estimate of drug-likeness (QED) is 0.802. The second kappa shape index (κ2) is 5.12. The first-order chi connectivity index (χ1) is 8.58. The molecule has 0 aromatic carbocycles. The molecule has 1 aromatic rings. The van der Waals surface area contributed by atoms with Gasteiger partial charge in [-0.2, -0.15) is 4.39 Å². The van der Waals surface area contributed by atoms with E-state index in [0.717, 1.165) is 0 Å². The second-order valence-electron chi connectivity index (χ2n) is 4.25. The SMILES string of the molecule is O=C(O)C1CCN(C(=O)c2cccc(F)n2)CC1. The number of carbonyl (C=O) groups is 2. The van der Waals surface area contributed by atoms with Crippen LogP contribution < -0.4 is 0 Å². The summed E-state index contributed by atoms with van der Waals surface area (Å²) in [6.07, 6.45) is 0.854. The van der Waals surface area contributed by atoms with Gasteiger partial charge in [-0.1, -0.05) is 6.07 Å². The summed E-state index contributed by atoms with van der Waals surface area (Å²) in [6, 6.07) is 4.06. The third-order valence-electron chi connectivity index (χ3n) is 3.07. The molecule has 1 aliphatic heterocycles. The lowest BCUT2D eigenvalue weighted by Crippen LogP contribution is -2.40. The molecular weight excluding hydrogens is 239 g/mol. The third-order valence-corrected chi connectivity index (χ3v) is 3.07. The topological polar surface area (TPSA) is 70.5 Å². The van der Waals surface area contributed by atoms with Crippen molar-refractivity contribution >= 4 is 11.9 Å². The first-order valence-corrected chi connectivity index (χ1v) is 5.72. The van der Waals surface area contributed by atoms with Gasteiger partial charge in [0.25, 0.3) is 5.91 Å². The predicted molar refractivity (Wildman–Crippen MR) is 60.5 cm³/mol. The molecule has 0 aliphatic carbocycles. The van der Waals surface area contributed by atoms with Gasteiger partial charge in [0, 0.05) is 13.1 Å². The molecule has 1 amide bonds. The van der Waals surface area contributed by atoms with Crippen molar-refractivity contribution in [2.75, 3.05) is 13.1 Å². The Labute approximate surface area is 103 Å². The smallest absolute Gasteiger partial charge is 0.306 e. The van der Waals surface area contributed by atoms with Crippen molar-refractivity contribution in [3.8, 4) is 0 Å². The van der Waals surface area contributed by atoms with Crippen LogP contribution in [0.2, 0.25) is 0 Å². The molecule has 2 heterocycles. The minimum Gasteiger partial charge on any atom is -0.481 e. The number of aromatic nitrogens is 1. The number of likely N-dealkylation sites (tertiary alicyclic amines) is 1. The molecule has 0 saturated carbocycles. The Morgan fingerprint density at radius 2 is 2.00 bits per heavy atom. The van der Waals surface area contributed by atoms with E-state index >= 15 is 0 Å². The van der Waals surface area contributed by atoms with Crippen molar-refractivity contribution in [1.82, 2.24) is 9.88 Å². The molecule has 2 rings (SSSR count). The zero-order chi connectivity index (χ0) is 13.1. The minimum atomic E-state index is -0.828. The molecule has 1 fully saturated rings. The van der Waals surface area contributed by atoms with Gasteiger partial charge in [0.2, 0.25) is 5.95 Å². The van der Waals surface area contributed by atoms with Crippen molar-refractivity contribution in [2.45, 2.75) is 12.8 Å². The molecule has 0 bridgehead atoms. The third kappa shape index (κ3) is 2.64. The average Bonchev–Trinajstić information content (AvgIpc) is 2.38. The maximum atomic E-state index is 12.9. The van der Waals surface area contributed by atoms with E-state index in [-0.39, 0.29) is 11.6 Å². The van der Waals surface area contributed by atoms with Crippen molar-refractivity contribution < 1.29 is 19.1 Å². The van der Waals surface area contributed by atoms with Crippen LogP contribution >= 0.6 is 0 Å². The highest BCUT2D eigenvalue weighted by Gasteiger charge is 2.27. The molecule has 1 aromatic heterocycles. The Balaban J connectivity index is 2.02. The number of amides is 1. The van der Waals surface area contributed by atoms with Crippen LogP contribution in [0, 0.1) is 11.9 Å². The number of carboxylic acids is 1. The van der Waals surface area contributed by atoms with Crippen LogP contribution in [0.25, 0.3) is 0 Å².